The molecule has 3 heterocycles. The molecule has 2 aromatic carbocycles. The normalized spacial score (nSPS) is 28.4. The number of aliphatic hydroxyl groups excluding tert-OH is 1. The number of hydrogen-bond acceptors (Lipinski definition) is 5. The Kier molecular flexibility index (Phi) is 8.47. The fraction of sp³-hybridized carbons (Fsp3) is 0.424. The lowest BCUT2D eigenvalue weighted by Gasteiger charge is -2.40. The highest BCUT2D eigenvalue weighted by atomic mass is 79.9. The van der Waals surface area contributed by atoms with Crippen LogP contribution in [0.5, 0.6) is 0 Å². The predicted molar refractivity (Wildman–Crippen MR) is 165 cm³/mol. The first-order valence-electron chi connectivity index (χ1n) is 14.3. The van der Waals surface area contributed by atoms with E-state index in [1.54, 1.807) is 29.0 Å². The summed E-state index contributed by atoms with van der Waals surface area (Å²) >= 11 is 3.74. The van der Waals surface area contributed by atoms with E-state index in [2.05, 4.69) is 29.1 Å². The highest BCUT2D eigenvalue weighted by molar-refractivity contribution is 9.09. The van der Waals surface area contributed by atoms with Crippen LogP contribution in [-0.2, 0) is 19.1 Å². The molecule has 3 unspecified atom stereocenters. The minimum Gasteiger partial charge on any atom is -0.394 e. The van der Waals surface area contributed by atoms with E-state index in [0.717, 1.165) is 11.1 Å². The Morgan fingerprint density at radius 1 is 1.14 bits per heavy atom. The van der Waals surface area contributed by atoms with Crippen molar-refractivity contribution in [3.8, 4) is 0 Å². The molecule has 0 saturated carbocycles. The molecule has 3 saturated heterocycles. The zero-order chi connectivity index (χ0) is 30.3. The monoisotopic (exact) mass is 635 g/mol. The molecule has 5 rings (SSSR count). The van der Waals surface area contributed by atoms with E-state index in [1.165, 1.54) is 4.90 Å². The number of hydrogen-bond donors (Lipinski definition) is 1. The highest BCUT2D eigenvalue weighted by Gasteiger charge is 2.77. The Morgan fingerprint density at radius 3 is 2.48 bits per heavy atom. The maximum absolute atomic E-state index is 15.0. The average molecular weight is 637 g/mol. The molecule has 7 atom stereocenters. The molecule has 3 aliphatic heterocycles. The molecule has 3 amide bonds. The number of fused-ring (bicyclic) bond motifs is 1. The first-order chi connectivity index (χ1) is 20.1. The van der Waals surface area contributed by atoms with Gasteiger partial charge in [0.05, 0.1) is 30.6 Å². The fourth-order valence-corrected chi connectivity index (χ4v) is 8.07. The molecular formula is C33H38BrN3O5. The summed E-state index contributed by atoms with van der Waals surface area (Å²) in [6.45, 7) is 11.7. The molecule has 0 aromatic heterocycles. The predicted octanol–water partition coefficient (Wildman–Crippen LogP) is 3.95. The van der Waals surface area contributed by atoms with Gasteiger partial charge in [0.2, 0.25) is 11.8 Å². The number of halogens is 1. The average Bonchev–Trinajstić information content (AvgIpc) is 3.57. The van der Waals surface area contributed by atoms with Gasteiger partial charge in [-0.05, 0) is 43.0 Å². The summed E-state index contributed by atoms with van der Waals surface area (Å²) in [6, 6.07) is 13.2. The van der Waals surface area contributed by atoms with E-state index in [4.69, 9.17) is 4.74 Å². The minimum atomic E-state index is -1.26. The summed E-state index contributed by atoms with van der Waals surface area (Å²) in [4.78, 5) is 47.9. The topological polar surface area (TPSA) is 90.4 Å². The number of rotatable bonds is 10. The van der Waals surface area contributed by atoms with Gasteiger partial charge in [-0.2, -0.15) is 0 Å². The number of amides is 3. The van der Waals surface area contributed by atoms with Gasteiger partial charge in [0.25, 0.3) is 5.91 Å². The molecule has 0 aliphatic carbocycles. The SMILES string of the molecule is C=CCN(C)C(=O)[C@H]1[C@H]2C(=O)N([C@H](CO)c3ccccc3)C(C(=O)N(CC=C)c3cc(C)ccc3C)C23CC(Br)[C@@H]1O3. The van der Waals surface area contributed by atoms with Crippen molar-refractivity contribution in [1.82, 2.24) is 9.80 Å². The molecule has 1 spiro atoms. The van der Waals surface area contributed by atoms with Crippen LogP contribution >= 0.6 is 15.9 Å². The molecule has 1 N–H and O–H groups in total. The maximum atomic E-state index is 15.0. The summed E-state index contributed by atoms with van der Waals surface area (Å²) in [7, 11) is 1.68. The van der Waals surface area contributed by atoms with Gasteiger partial charge in [-0.25, -0.2) is 0 Å². The number of alkyl halides is 1. The summed E-state index contributed by atoms with van der Waals surface area (Å²) in [5.74, 6) is -2.59. The van der Waals surface area contributed by atoms with Crippen molar-refractivity contribution in [2.45, 2.75) is 48.9 Å². The molecule has 222 valence electrons. The van der Waals surface area contributed by atoms with Crippen molar-refractivity contribution in [1.29, 1.82) is 0 Å². The van der Waals surface area contributed by atoms with Crippen LogP contribution in [0.1, 0.15) is 29.2 Å². The van der Waals surface area contributed by atoms with Gasteiger partial charge in [0.15, 0.2) is 0 Å². The third-order valence-corrected chi connectivity index (χ3v) is 9.80. The number of ether oxygens (including phenoxy) is 1. The minimum absolute atomic E-state index is 0.211. The Bertz CT molecular complexity index is 1400. The first kappa shape index (κ1) is 30.2. The van der Waals surface area contributed by atoms with Crippen molar-refractivity contribution in [3.05, 3.63) is 90.5 Å². The third-order valence-electron chi connectivity index (χ3n) is 8.95. The Morgan fingerprint density at radius 2 is 1.83 bits per heavy atom. The quantitative estimate of drug-likeness (QED) is 0.315. The number of aliphatic hydroxyl groups is 1. The molecular weight excluding hydrogens is 598 g/mol. The molecule has 2 aromatic rings. The second-order valence-electron chi connectivity index (χ2n) is 11.6. The van der Waals surface area contributed by atoms with E-state index in [0.29, 0.717) is 24.2 Å². The number of carbonyl (C=O) groups excluding carboxylic acids is 3. The van der Waals surface area contributed by atoms with Crippen molar-refractivity contribution in [2.75, 3.05) is 31.6 Å². The summed E-state index contributed by atoms with van der Waals surface area (Å²) in [5, 5.41) is 10.7. The second kappa shape index (κ2) is 11.8. The summed E-state index contributed by atoms with van der Waals surface area (Å²) in [5.41, 5.74) is 2.04. The number of benzene rings is 2. The fourth-order valence-electron chi connectivity index (χ4n) is 7.13. The van der Waals surface area contributed by atoms with E-state index in [1.807, 2.05) is 62.4 Å². The molecule has 3 aliphatic rings. The largest absolute Gasteiger partial charge is 0.394 e. The Labute approximate surface area is 255 Å². The summed E-state index contributed by atoms with van der Waals surface area (Å²) < 4.78 is 6.70. The maximum Gasteiger partial charge on any atom is 0.253 e. The van der Waals surface area contributed by atoms with Crippen LogP contribution in [0.4, 0.5) is 5.69 Å². The number of likely N-dealkylation sites (tertiary alicyclic amines) is 1. The zero-order valence-corrected chi connectivity index (χ0v) is 25.9. The molecule has 8 nitrogen and oxygen atoms in total. The van der Waals surface area contributed by atoms with Gasteiger partial charge >= 0.3 is 0 Å². The number of carbonyl (C=O) groups is 3. The molecule has 2 bridgehead atoms. The van der Waals surface area contributed by atoms with Crippen LogP contribution in [0, 0.1) is 25.7 Å². The first-order valence-corrected chi connectivity index (χ1v) is 15.2. The molecule has 3 fully saturated rings. The molecule has 42 heavy (non-hydrogen) atoms. The van der Waals surface area contributed by atoms with Crippen molar-refractivity contribution in [2.24, 2.45) is 11.8 Å². The zero-order valence-electron chi connectivity index (χ0n) is 24.3. The Balaban J connectivity index is 1.69. The number of anilines is 1. The standard InChI is InChI=1S/C33H38BrN3O5/c1-6-15-35(5)30(39)26-27-31(40)37(25(19-38)22-11-9-8-10-12-22)29(33(27)18-23(34)28(26)42-33)32(41)36(16-7-2)24-17-20(3)13-14-21(24)4/h6-14,17,23,25-29,38H,1-2,15-16,18-19H2,3-5H3/t23?,25-,26+,27+,28+,29?,33?/m1/s1. The van der Waals surface area contributed by atoms with Crippen LogP contribution in [0.2, 0.25) is 0 Å². The lowest BCUT2D eigenvalue weighted by atomic mass is 9.70. The van der Waals surface area contributed by atoms with E-state index < -0.39 is 42.2 Å². The van der Waals surface area contributed by atoms with Crippen LogP contribution in [0.3, 0.4) is 0 Å². The van der Waals surface area contributed by atoms with E-state index >= 15 is 0 Å². The smallest absolute Gasteiger partial charge is 0.253 e. The highest BCUT2D eigenvalue weighted by Crippen LogP contribution is 2.61. The summed E-state index contributed by atoms with van der Waals surface area (Å²) in [6.07, 6.45) is 3.09. The van der Waals surface area contributed by atoms with Gasteiger partial charge in [-0.3, -0.25) is 14.4 Å². The second-order valence-corrected chi connectivity index (χ2v) is 12.7. The van der Waals surface area contributed by atoms with E-state index in [9.17, 15) is 19.5 Å². The van der Waals surface area contributed by atoms with Crippen molar-refractivity contribution < 1.29 is 24.2 Å². The van der Waals surface area contributed by atoms with Gasteiger partial charge in [0.1, 0.15) is 11.6 Å². The molecule has 0 radical (unpaired) electrons. The number of nitrogens with zero attached hydrogens (tertiary/aromatic N) is 3. The van der Waals surface area contributed by atoms with Crippen molar-refractivity contribution in [3.63, 3.8) is 0 Å². The van der Waals surface area contributed by atoms with Gasteiger partial charge in [0, 0.05) is 30.7 Å². The van der Waals surface area contributed by atoms with Crippen LogP contribution in [0.15, 0.2) is 73.8 Å². The third kappa shape index (κ3) is 4.71. The lowest BCUT2D eigenvalue weighted by Crippen LogP contribution is -2.58. The van der Waals surface area contributed by atoms with Gasteiger partial charge in [-0.1, -0.05) is 70.5 Å². The van der Waals surface area contributed by atoms with Crippen LogP contribution < -0.4 is 4.90 Å². The van der Waals surface area contributed by atoms with Gasteiger partial charge < -0.3 is 24.5 Å². The molecule has 9 heteroatoms. The Hall–Kier alpha value is -3.27. The number of aryl methyl sites for hydroxylation is 2. The van der Waals surface area contributed by atoms with Crippen LogP contribution in [0.25, 0.3) is 0 Å². The number of likely N-dealkylation sites (N-methyl/N-ethyl adjacent to an activating group) is 1. The van der Waals surface area contributed by atoms with E-state index in [-0.39, 0.29) is 29.1 Å². The van der Waals surface area contributed by atoms with Crippen molar-refractivity contribution >= 4 is 39.3 Å². The van der Waals surface area contributed by atoms with Crippen LogP contribution in [-0.4, -0.2) is 81.9 Å². The lowest BCUT2D eigenvalue weighted by molar-refractivity contribution is -0.147. The van der Waals surface area contributed by atoms with Gasteiger partial charge in [-0.15, -0.1) is 13.2 Å².